The van der Waals surface area contributed by atoms with Crippen LogP contribution in [0.3, 0.4) is 0 Å². The monoisotopic (exact) mass is 229 g/mol. The first-order valence-electron chi connectivity index (χ1n) is 6.59. The fourth-order valence-electron chi connectivity index (χ4n) is 2.60. The van der Waals surface area contributed by atoms with Gasteiger partial charge in [0, 0.05) is 6.04 Å². The predicted octanol–water partition coefficient (Wildman–Crippen LogP) is 3.69. The molecule has 1 saturated carbocycles. The van der Waals surface area contributed by atoms with Gasteiger partial charge in [-0.2, -0.15) is 11.8 Å². The Kier molecular flexibility index (Phi) is 7.54. The Hall–Kier alpha value is 0.310. The Labute approximate surface area is 99.8 Å². The van der Waals surface area contributed by atoms with Gasteiger partial charge in [-0.25, -0.2) is 0 Å². The second-order valence-electron chi connectivity index (χ2n) is 4.82. The molecular formula is C13H27NS. The highest BCUT2D eigenvalue weighted by Gasteiger charge is 2.20. The molecule has 1 aliphatic rings. The molecule has 1 nitrogen and oxygen atoms in total. The van der Waals surface area contributed by atoms with Crippen molar-refractivity contribution >= 4 is 11.8 Å². The molecule has 2 atom stereocenters. The van der Waals surface area contributed by atoms with Crippen molar-refractivity contribution in [3.8, 4) is 0 Å². The molecule has 0 aromatic heterocycles. The molecule has 0 aromatic rings. The van der Waals surface area contributed by atoms with Crippen LogP contribution >= 0.6 is 11.8 Å². The summed E-state index contributed by atoms with van der Waals surface area (Å²) in [4.78, 5) is 0. The molecule has 2 unspecified atom stereocenters. The molecule has 0 aliphatic heterocycles. The molecule has 0 amide bonds. The van der Waals surface area contributed by atoms with Crippen LogP contribution in [0.2, 0.25) is 0 Å². The molecule has 1 fully saturated rings. The van der Waals surface area contributed by atoms with Gasteiger partial charge in [0.05, 0.1) is 0 Å². The lowest BCUT2D eigenvalue weighted by atomic mass is 9.83. The Balaban J connectivity index is 2.11. The Morgan fingerprint density at radius 1 is 1.33 bits per heavy atom. The van der Waals surface area contributed by atoms with E-state index in [2.05, 4.69) is 18.5 Å². The third kappa shape index (κ3) is 5.82. The van der Waals surface area contributed by atoms with Gasteiger partial charge < -0.3 is 5.32 Å². The predicted molar refractivity (Wildman–Crippen MR) is 71.7 cm³/mol. The van der Waals surface area contributed by atoms with Gasteiger partial charge in [-0.05, 0) is 56.6 Å². The molecule has 1 N–H and O–H groups in total. The minimum Gasteiger partial charge on any atom is -0.314 e. The molecule has 0 aromatic carbocycles. The van der Waals surface area contributed by atoms with Crippen LogP contribution in [0, 0.1) is 5.92 Å². The van der Waals surface area contributed by atoms with Crippen LogP contribution in [0.5, 0.6) is 0 Å². The van der Waals surface area contributed by atoms with Gasteiger partial charge in [0.1, 0.15) is 0 Å². The molecule has 15 heavy (non-hydrogen) atoms. The van der Waals surface area contributed by atoms with Crippen molar-refractivity contribution in [3.05, 3.63) is 0 Å². The summed E-state index contributed by atoms with van der Waals surface area (Å²) in [7, 11) is 0. The van der Waals surface area contributed by atoms with Crippen LogP contribution in [0.25, 0.3) is 0 Å². The summed E-state index contributed by atoms with van der Waals surface area (Å²) < 4.78 is 0. The van der Waals surface area contributed by atoms with Gasteiger partial charge in [-0.3, -0.25) is 0 Å². The zero-order chi connectivity index (χ0) is 10.9. The van der Waals surface area contributed by atoms with Crippen molar-refractivity contribution in [2.75, 3.05) is 18.6 Å². The van der Waals surface area contributed by atoms with Crippen molar-refractivity contribution in [1.29, 1.82) is 0 Å². The molecule has 0 bridgehead atoms. The maximum absolute atomic E-state index is 3.69. The summed E-state index contributed by atoms with van der Waals surface area (Å²) in [6.07, 6.45) is 12.2. The number of rotatable bonds is 7. The van der Waals surface area contributed by atoms with Gasteiger partial charge in [0.15, 0.2) is 0 Å². The van der Waals surface area contributed by atoms with Crippen molar-refractivity contribution in [1.82, 2.24) is 5.32 Å². The second kappa shape index (κ2) is 8.46. The summed E-state index contributed by atoms with van der Waals surface area (Å²) in [6.45, 7) is 3.47. The first-order chi connectivity index (χ1) is 7.36. The van der Waals surface area contributed by atoms with E-state index in [9.17, 15) is 0 Å². The molecule has 0 radical (unpaired) electrons. The summed E-state index contributed by atoms with van der Waals surface area (Å²) in [5, 5.41) is 3.69. The summed E-state index contributed by atoms with van der Waals surface area (Å²) in [6, 6.07) is 0.831. The molecule has 0 saturated heterocycles. The zero-order valence-corrected chi connectivity index (χ0v) is 11.2. The van der Waals surface area contributed by atoms with Gasteiger partial charge in [-0.1, -0.05) is 19.8 Å². The van der Waals surface area contributed by atoms with E-state index in [0.717, 1.165) is 12.0 Å². The van der Waals surface area contributed by atoms with Crippen molar-refractivity contribution in [2.24, 2.45) is 5.92 Å². The fraction of sp³-hybridized carbons (Fsp3) is 1.00. The Morgan fingerprint density at radius 2 is 2.20 bits per heavy atom. The smallest absolute Gasteiger partial charge is 0.00697 e. The first-order valence-corrected chi connectivity index (χ1v) is 7.98. The number of hydrogen-bond donors (Lipinski definition) is 1. The van der Waals surface area contributed by atoms with Crippen molar-refractivity contribution in [2.45, 2.75) is 57.9 Å². The second-order valence-corrected chi connectivity index (χ2v) is 5.80. The average molecular weight is 229 g/mol. The number of hydrogen-bond acceptors (Lipinski definition) is 2. The molecule has 0 spiro atoms. The Morgan fingerprint density at radius 3 is 2.93 bits per heavy atom. The van der Waals surface area contributed by atoms with E-state index in [1.807, 2.05) is 11.8 Å². The number of thioether (sulfide) groups is 1. The lowest BCUT2D eigenvalue weighted by molar-refractivity contribution is 0.272. The number of nitrogens with one attached hydrogen (secondary N) is 1. The first kappa shape index (κ1) is 13.4. The normalized spacial score (nSPS) is 26.8. The highest BCUT2D eigenvalue weighted by Crippen LogP contribution is 2.28. The van der Waals surface area contributed by atoms with Crippen molar-refractivity contribution in [3.63, 3.8) is 0 Å². The van der Waals surface area contributed by atoms with Gasteiger partial charge >= 0.3 is 0 Å². The highest BCUT2D eigenvalue weighted by molar-refractivity contribution is 7.98. The van der Waals surface area contributed by atoms with Gasteiger partial charge in [0.25, 0.3) is 0 Å². The van der Waals surface area contributed by atoms with E-state index >= 15 is 0 Å². The largest absolute Gasteiger partial charge is 0.314 e. The van der Waals surface area contributed by atoms with E-state index in [1.54, 1.807) is 0 Å². The molecule has 1 aliphatic carbocycles. The SMILES string of the molecule is CCCNC1CCCC(CCCSC)C1. The van der Waals surface area contributed by atoms with E-state index in [4.69, 9.17) is 0 Å². The van der Waals surface area contributed by atoms with Crippen LogP contribution < -0.4 is 5.32 Å². The molecule has 90 valence electrons. The topological polar surface area (TPSA) is 12.0 Å². The maximum atomic E-state index is 3.69. The van der Waals surface area contributed by atoms with E-state index < -0.39 is 0 Å². The van der Waals surface area contributed by atoms with Crippen LogP contribution in [-0.4, -0.2) is 24.6 Å². The lowest BCUT2D eigenvalue weighted by Gasteiger charge is -2.29. The van der Waals surface area contributed by atoms with E-state index in [-0.39, 0.29) is 0 Å². The van der Waals surface area contributed by atoms with Crippen molar-refractivity contribution < 1.29 is 0 Å². The summed E-state index contributed by atoms with van der Waals surface area (Å²) in [5.74, 6) is 2.36. The Bertz CT molecular complexity index is 149. The maximum Gasteiger partial charge on any atom is 0.00697 e. The molecular weight excluding hydrogens is 202 g/mol. The van der Waals surface area contributed by atoms with E-state index in [0.29, 0.717) is 0 Å². The van der Waals surface area contributed by atoms with Crippen LogP contribution in [0.4, 0.5) is 0 Å². The standard InChI is InChI=1S/C13H27NS/c1-3-9-14-13-8-4-6-12(11-13)7-5-10-15-2/h12-14H,3-11H2,1-2H3. The minimum atomic E-state index is 0.831. The quantitative estimate of drug-likeness (QED) is 0.668. The minimum absolute atomic E-state index is 0.831. The van der Waals surface area contributed by atoms with Crippen LogP contribution in [0.1, 0.15) is 51.9 Å². The third-order valence-corrected chi connectivity index (χ3v) is 4.12. The average Bonchev–Trinajstić information content (AvgIpc) is 2.27. The van der Waals surface area contributed by atoms with Crippen LogP contribution in [0.15, 0.2) is 0 Å². The third-order valence-electron chi connectivity index (χ3n) is 3.43. The zero-order valence-electron chi connectivity index (χ0n) is 10.4. The van der Waals surface area contributed by atoms with E-state index in [1.165, 1.54) is 57.2 Å². The summed E-state index contributed by atoms with van der Waals surface area (Å²) in [5.41, 5.74) is 0. The molecule has 2 heteroatoms. The van der Waals surface area contributed by atoms with Gasteiger partial charge in [0.2, 0.25) is 0 Å². The summed E-state index contributed by atoms with van der Waals surface area (Å²) >= 11 is 1.99. The fourth-order valence-corrected chi connectivity index (χ4v) is 3.06. The van der Waals surface area contributed by atoms with Crippen LogP contribution in [-0.2, 0) is 0 Å². The molecule has 1 rings (SSSR count). The molecule has 0 heterocycles. The highest BCUT2D eigenvalue weighted by atomic mass is 32.2. The van der Waals surface area contributed by atoms with Gasteiger partial charge in [-0.15, -0.1) is 0 Å². The lowest BCUT2D eigenvalue weighted by Crippen LogP contribution is -2.34.